The van der Waals surface area contributed by atoms with Crippen LogP contribution in [0.1, 0.15) is 34.7 Å². The lowest BCUT2D eigenvalue weighted by atomic mass is 9.81. The molecule has 0 aliphatic rings. The van der Waals surface area contributed by atoms with Gasteiger partial charge in [0.25, 0.3) is 0 Å². The molecule has 0 bridgehead atoms. The number of hydrogen-bond acceptors (Lipinski definition) is 1. The fourth-order valence-corrected chi connectivity index (χ4v) is 4.39. The molecule has 18 heavy (non-hydrogen) atoms. The molecule has 0 N–H and O–H groups in total. The number of halogens is 2. The summed E-state index contributed by atoms with van der Waals surface area (Å²) in [6.45, 7) is 6.70. The molecule has 3 heteroatoms. The van der Waals surface area contributed by atoms with Crippen LogP contribution in [0.15, 0.2) is 40.2 Å². The Bertz CT molecular complexity index is 509. The second kappa shape index (κ2) is 5.48. The Hall–Kier alpha value is -0.120. The highest BCUT2D eigenvalue weighted by Gasteiger charge is 2.31. The molecule has 1 aromatic carbocycles. The highest BCUT2D eigenvalue weighted by Crippen LogP contribution is 2.46. The van der Waals surface area contributed by atoms with Gasteiger partial charge in [-0.05, 0) is 40.0 Å². The molecular weight excluding hydrogens is 372 g/mol. The summed E-state index contributed by atoms with van der Waals surface area (Å²) in [5.74, 6) is 0. The Labute approximate surface area is 130 Å². The minimum Gasteiger partial charge on any atom is -0.132 e. The summed E-state index contributed by atoms with van der Waals surface area (Å²) < 4.78 is 1.23. The van der Waals surface area contributed by atoms with Gasteiger partial charge < -0.3 is 0 Å². The average molecular weight is 388 g/mol. The van der Waals surface area contributed by atoms with E-state index < -0.39 is 0 Å². The topological polar surface area (TPSA) is 0 Å². The van der Waals surface area contributed by atoms with E-state index in [0.717, 1.165) is 0 Å². The second-order valence-corrected chi connectivity index (χ2v) is 8.37. The minimum atomic E-state index is 0.0675. The molecular formula is C15H16Br2S. The van der Waals surface area contributed by atoms with Gasteiger partial charge in [-0.3, -0.25) is 0 Å². The Morgan fingerprint density at radius 3 is 2.28 bits per heavy atom. The third-order valence-electron chi connectivity index (χ3n) is 3.28. The molecule has 0 radical (unpaired) electrons. The molecule has 2 rings (SSSR count). The maximum atomic E-state index is 3.88. The van der Waals surface area contributed by atoms with E-state index in [0.29, 0.717) is 4.83 Å². The Morgan fingerprint density at radius 2 is 1.78 bits per heavy atom. The normalized spacial score (nSPS) is 13.6. The predicted molar refractivity (Wildman–Crippen MR) is 87.9 cm³/mol. The summed E-state index contributed by atoms with van der Waals surface area (Å²) in [6, 6.07) is 12.9. The van der Waals surface area contributed by atoms with E-state index in [2.05, 4.69) is 89.0 Å². The molecule has 0 spiro atoms. The van der Waals surface area contributed by atoms with Crippen molar-refractivity contribution in [3.8, 4) is 0 Å². The third-order valence-corrected chi connectivity index (χ3v) is 7.42. The van der Waals surface area contributed by atoms with Crippen LogP contribution < -0.4 is 0 Å². The van der Waals surface area contributed by atoms with Crippen molar-refractivity contribution < 1.29 is 0 Å². The molecule has 0 aliphatic carbocycles. The molecule has 2 aromatic rings. The van der Waals surface area contributed by atoms with Crippen LogP contribution in [0.25, 0.3) is 0 Å². The molecule has 96 valence electrons. The highest BCUT2D eigenvalue weighted by atomic mass is 79.9. The lowest BCUT2D eigenvalue weighted by Crippen LogP contribution is -2.22. The van der Waals surface area contributed by atoms with Crippen LogP contribution in [0, 0.1) is 6.92 Å². The van der Waals surface area contributed by atoms with Gasteiger partial charge in [-0.15, -0.1) is 11.3 Å². The van der Waals surface area contributed by atoms with Crippen molar-refractivity contribution in [3.63, 3.8) is 0 Å². The maximum Gasteiger partial charge on any atom is 0.0730 e. The van der Waals surface area contributed by atoms with Gasteiger partial charge in [-0.1, -0.05) is 60.1 Å². The molecule has 0 aliphatic heterocycles. The van der Waals surface area contributed by atoms with Crippen molar-refractivity contribution >= 4 is 43.2 Å². The zero-order valence-electron chi connectivity index (χ0n) is 10.7. The first-order chi connectivity index (χ1) is 8.43. The average Bonchev–Trinajstić information content (AvgIpc) is 2.69. The molecule has 0 nitrogen and oxygen atoms in total. The molecule has 0 amide bonds. The highest BCUT2D eigenvalue weighted by molar-refractivity contribution is 9.11. The van der Waals surface area contributed by atoms with Gasteiger partial charge in [-0.25, -0.2) is 0 Å². The monoisotopic (exact) mass is 386 g/mol. The summed E-state index contributed by atoms with van der Waals surface area (Å²) in [5, 5.41) is 0. The second-order valence-electron chi connectivity index (χ2n) is 5.06. The van der Waals surface area contributed by atoms with Gasteiger partial charge in [0, 0.05) is 10.3 Å². The quantitative estimate of drug-likeness (QED) is 0.547. The van der Waals surface area contributed by atoms with Crippen molar-refractivity contribution in [2.75, 3.05) is 0 Å². The summed E-state index contributed by atoms with van der Waals surface area (Å²) in [6.07, 6.45) is 0. The number of aryl methyl sites for hydroxylation is 1. The standard InChI is InChI=1S/C15H16Br2S/c1-10-9-12(18-14(10)17)13(16)15(2,3)11-7-5-4-6-8-11/h4-9,13H,1-3H3. The fraction of sp³-hybridized carbons (Fsp3) is 0.333. The lowest BCUT2D eigenvalue weighted by Gasteiger charge is -2.30. The summed E-state index contributed by atoms with van der Waals surface area (Å²) >= 11 is 9.30. The van der Waals surface area contributed by atoms with Crippen molar-refractivity contribution in [2.24, 2.45) is 0 Å². The van der Waals surface area contributed by atoms with Gasteiger partial charge in [-0.2, -0.15) is 0 Å². The SMILES string of the molecule is Cc1cc(C(Br)C(C)(C)c2ccccc2)sc1Br. The zero-order chi connectivity index (χ0) is 13.3. The van der Waals surface area contributed by atoms with Crippen LogP contribution in [-0.2, 0) is 5.41 Å². The first kappa shape index (κ1) is 14.3. The van der Waals surface area contributed by atoms with Gasteiger partial charge >= 0.3 is 0 Å². The molecule has 1 atom stereocenters. The number of rotatable bonds is 3. The van der Waals surface area contributed by atoms with E-state index in [1.54, 1.807) is 0 Å². The van der Waals surface area contributed by atoms with Crippen molar-refractivity contribution in [2.45, 2.75) is 31.0 Å². The number of alkyl halides is 1. The molecule has 0 fully saturated rings. The Morgan fingerprint density at radius 1 is 1.17 bits per heavy atom. The molecule has 1 unspecified atom stereocenters. The van der Waals surface area contributed by atoms with E-state index in [1.807, 2.05) is 11.3 Å². The van der Waals surface area contributed by atoms with Crippen LogP contribution in [0.2, 0.25) is 0 Å². The predicted octanol–water partition coefficient (Wildman–Crippen LogP) is 6.23. The van der Waals surface area contributed by atoms with E-state index in [4.69, 9.17) is 0 Å². The molecule has 1 aromatic heterocycles. The van der Waals surface area contributed by atoms with Crippen LogP contribution in [0.4, 0.5) is 0 Å². The first-order valence-electron chi connectivity index (χ1n) is 5.88. The van der Waals surface area contributed by atoms with Gasteiger partial charge in [0.15, 0.2) is 0 Å². The van der Waals surface area contributed by atoms with E-state index >= 15 is 0 Å². The Kier molecular flexibility index (Phi) is 4.35. The van der Waals surface area contributed by atoms with Crippen LogP contribution >= 0.6 is 43.2 Å². The minimum absolute atomic E-state index is 0.0675. The molecule has 1 heterocycles. The largest absolute Gasteiger partial charge is 0.132 e. The van der Waals surface area contributed by atoms with Crippen LogP contribution in [-0.4, -0.2) is 0 Å². The maximum absolute atomic E-state index is 3.88. The third kappa shape index (κ3) is 2.73. The fourth-order valence-electron chi connectivity index (χ4n) is 1.98. The van der Waals surface area contributed by atoms with Crippen molar-refractivity contribution in [1.29, 1.82) is 0 Å². The van der Waals surface area contributed by atoms with Crippen molar-refractivity contribution in [3.05, 3.63) is 56.2 Å². The van der Waals surface area contributed by atoms with Crippen LogP contribution in [0.3, 0.4) is 0 Å². The Balaban J connectivity index is 2.35. The summed E-state index contributed by atoms with van der Waals surface area (Å²) in [5.41, 5.74) is 2.73. The summed E-state index contributed by atoms with van der Waals surface area (Å²) in [4.78, 5) is 1.69. The van der Waals surface area contributed by atoms with E-state index in [-0.39, 0.29) is 5.41 Å². The van der Waals surface area contributed by atoms with Crippen molar-refractivity contribution in [1.82, 2.24) is 0 Å². The smallest absolute Gasteiger partial charge is 0.0730 e. The van der Waals surface area contributed by atoms with E-state index in [9.17, 15) is 0 Å². The van der Waals surface area contributed by atoms with Crippen LogP contribution in [0.5, 0.6) is 0 Å². The molecule has 0 saturated heterocycles. The zero-order valence-corrected chi connectivity index (χ0v) is 14.7. The number of hydrogen-bond donors (Lipinski definition) is 0. The summed E-state index contributed by atoms with van der Waals surface area (Å²) in [7, 11) is 0. The van der Waals surface area contributed by atoms with E-state index in [1.165, 1.54) is 19.8 Å². The number of thiophene rings is 1. The van der Waals surface area contributed by atoms with Gasteiger partial charge in [0.2, 0.25) is 0 Å². The number of benzene rings is 1. The van der Waals surface area contributed by atoms with Gasteiger partial charge in [0.05, 0.1) is 8.61 Å². The van der Waals surface area contributed by atoms with Gasteiger partial charge in [0.1, 0.15) is 0 Å². The lowest BCUT2D eigenvalue weighted by molar-refractivity contribution is 0.522. The first-order valence-corrected chi connectivity index (χ1v) is 8.41. The molecule has 0 saturated carbocycles.